The van der Waals surface area contributed by atoms with E-state index < -0.39 is 18.7 Å². The molecule has 0 aromatic rings. The molecule has 5 heteroatoms. The summed E-state index contributed by atoms with van der Waals surface area (Å²) in [6.07, 6.45) is 5.37. The minimum absolute atomic E-state index is 1.08. The largest absolute Gasteiger partial charge is 0.463 e. The molecule has 2 atom stereocenters. The fraction of sp³-hybridized carbons (Fsp3) is 0.333. The summed E-state index contributed by atoms with van der Waals surface area (Å²) in [6.45, 7) is 0. The predicted molar refractivity (Wildman–Crippen MR) is 40.2 cm³/mol. The smallest absolute Gasteiger partial charge is 0.427 e. The van der Waals surface area contributed by atoms with Crippen molar-refractivity contribution in [2.24, 2.45) is 5.73 Å². The zero-order valence-corrected chi connectivity index (χ0v) is 5.81. The lowest BCUT2D eigenvalue weighted by Crippen LogP contribution is -2.44. The van der Waals surface area contributed by atoms with Crippen LogP contribution in [0.15, 0.2) is 24.3 Å². The van der Waals surface area contributed by atoms with Crippen molar-refractivity contribution in [3.05, 3.63) is 24.3 Å². The summed E-state index contributed by atoms with van der Waals surface area (Å²) in [6, 6.07) is 0. The standard InChI is InChI=1S/C6H9BFNO2/c8-6(9)4-2-1-3-5(6)7(10)11/h1-5,10-11H,9H2. The average molecular weight is 157 g/mol. The molecule has 0 amide bonds. The fourth-order valence-electron chi connectivity index (χ4n) is 0.973. The zero-order chi connectivity index (χ0) is 8.48. The van der Waals surface area contributed by atoms with E-state index in [1.807, 2.05) is 0 Å². The summed E-state index contributed by atoms with van der Waals surface area (Å²) in [5, 5.41) is 17.3. The van der Waals surface area contributed by atoms with E-state index in [1.165, 1.54) is 18.2 Å². The summed E-state index contributed by atoms with van der Waals surface area (Å²) >= 11 is 0. The quantitative estimate of drug-likeness (QED) is 0.357. The molecular formula is C6H9BFNO2. The molecule has 1 aliphatic carbocycles. The normalized spacial score (nSPS) is 35.8. The monoisotopic (exact) mass is 157 g/mol. The van der Waals surface area contributed by atoms with Crippen LogP contribution in [0.25, 0.3) is 0 Å². The molecule has 1 aliphatic rings. The van der Waals surface area contributed by atoms with Crippen LogP contribution in [-0.2, 0) is 0 Å². The molecule has 2 unspecified atom stereocenters. The maximum absolute atomic E-state index is 13.1. The van der Waals surface area contributed by atoms with Gasteiger partial charge in [-0.2, -0.15) is 0 Å². The Morgan fingerprint density at radius 3 is 2.45 bits per heavy atom. The number of halogens is 1. The predicted octanol–water partition coefficient (Wildman–Crippen LogP) is -0.420. The lowest BCUT2D eigenvalue weighted by atomic mass is 9.66. The van der Waals surface area contributed by atoms with Gasteiger partial charge in [0.15, 0.2) is 5.79 Å². The number of hydrogen-bond acceptors (Lipinski definition) is 3. The molecule has 0 radical (unpaired) electrons. The minimum Gasteiger partial charge on any atom is -0.427 e. The van der Waals surface area contributed by atoms with Crippen LogP contribution in [0, 0.1) is 0 Å². The van der Waals surface area contributed by atoms with E-state index in [-0.39, 0.29) is 0 Å². The Bertz CT molecular complexity index is 203. The molecule has 0 fully saturated rings. The average Bonchev–Trinajstić information content (AvgIpc) is 1.85. The highest BCUT2D eigenvalue weighted by molar-refractivity contribution is 6.44. The van der Waals surface area contributed by atoms with Crippen LogP contribution in [-0.4, -0.2) is 23.0 Å². The van der Waals surface area contributed by atoms with E-state index >= 15 is 0 Å². The number of rotatable bonds is 1. The van der Waals surface area contributed by atoms with Gasteiger partial charge in [-0.15, -0.1) is 0 Å². The maximum atomic E-state index is 13.1. The molecule has 4 N–H and O–H groups in total. The van der Waals surface area contributed by atoms with Crippen LogP contribution in [0.1, 0.15) is 0 Å². The summed E-state index contributed by atoms with van der Waals surface area (Å²) in [4.78, 5) is 0. The van der Waals surface area contributed by atoms with Gasteiger partial charge in [0, 0.05) is 0 Å². The van der Waals surface area contributed by atoms with Crippen molar-refractivity contribution < 1.29 is 14.4 Å². The van der Waals surface area contributed by atoms with E-state index in [0.29, 0.717) is 0 Å². The molecule has 11 heavy (non-hydrogen) atoms. The second kappa shape index (κ2) is 2.77. The van der Waals surface area contributed by atoms with Crippen LogP contribution in [0.3, 0.4) is 0 Å². The van der Waals surface area contributed by atoms with Crippen molar-refractivity contribution in [3.8, 4) is 0 Å². The Morgan fingerprint density at radius 1 is 1.45 bits per heavy atom. The minimum atomic E-state index is -2.15. The Morgan fingerprint density at radius 2 is 2.09 bits per heavy atom. The molecule has 0 aromatic carbocycles. The highest BCUT2D eigenvalue weighted by Crippen LogP contribution is 2.29. The van der Waals surface area contributed by atoms with Crippen LogP contribution < -0.4 is 5.73 Å². The number of allylic oxidation sites excluding steroid dienone is 2. The summed E-state index contributed by atoms with van der Waals surface area (Å²) in [5.74, 6) is -3.23. The van der Waals surface area contributed by atoms with Crippen molar-refractivity contribution >= 4 is 7.12 Å². The first-order chi connectivity index (χ1) is 5.04. The molecule has 0 saturated carbocycles. The number of nitrogens with two attached hydrogens (primary N) is 1. The summed E-state index contributed by atoms with van der Waals surface area (Å²) in [5.41, 5.74) is 5.10. The first-order valence-corrected chi connectivity index (χ1v) is 3.24. The van der Waals surface area contributed by atoms with E-state index in [4.69, 9.17) is 15.8 Å². The van der Waals surface area contributed by atoms with Gasteiger partial charge >= 0.3 is 7.12 Å². The van der Waals surface area contributed by atoms with Gasteiger partial charge in [0.2, 0.25) is 0 Å². The van der Waals surface area contributed by atoms with Gasteiger partial charge in [0.05, 0.1) is 5.82 Å². The zero-order valence-electron chi connectivity index (χ0n) is 5.81. The van der Waals surface area contributed by atoms with Gasteiger partial charge in [-0.3, -0.25) is 5.73 Å². The van der Waals surface area contributed by atoms with Crippen molar-refractivity contribution in [2.45, 2.75) is 11.6 Å². The van der Waals surface area contributed by atoms with E-state index in [9.17, 15) is 4.39 Å². The molecule has 0 aliphatic heterocycles. The van der Waals surface area contributed by atoms with Crippen molar-refractivity contribution in [1.82, 2.24) is 0 Å². The third kappa shape index (κ3) is 1.68. The fourth-order valence-corrected chi connectivity index (χ4v) is 0.973. The van der Waals surface area contributed by atoms with E-state index in [0.717, 1.165) is 6.08 Å². The van der Waals surface area contributed by atoms with Gasteiger partial charge in [-0.1, -0.05) is 18.2 Å². The number of hydrogen-bond donors (Lipinski definition) is 3. The second-order valence-electron chi connectivity index (χ2n) is 2.51. The molecule has 60 valence electrons. The van der Waals surface area contributed by atoms with Crippen molar-refractivity contribution in [1.29, 1.82) is 0 Å². The first-order valence-electron chi connectivity index (χ1n) is 3.24. The second-order valence-corrected chi connectivity index (χ2v) is 2.51. The Kier molecular flexibility index (Phi) is 2.13. The topological polar surface area (TPSA) is 66.5 Å². The molecule has 0 aromatic heterocycles. The van der Waals surface area contributed by atoms with Crippen LogP contribution in [0.4, 0.5) is 4.39 Å². The lowest BCUT2D eigenvalue weighted by Gasteiger charge is -2.25. The first kappa shape index (κ1) is 8.45. The van der Waals surface area contributed by atoms with Gasteiger partial charge in [-0.25, -0.2) is 4.39 Å². The van der Waals surface area contributed by atoms with Crippen LogP contribution in [0.2, 0.25) is 5.82 Å². The number of alkyl halides is 1. The van der Waals surface area contributed by atoms with E-state index in [1.54, 1.807) is 0 Å². The third-order valence-corrected chi connectivity index (χ3v) is 1.61. The Labute approximate surface area is 64.2 Å². The van der Waals surface area contributed by atoms with E-state index in [2.05, 4.69) is 0 Å². The maximum Gasteiger partial charge on any atom is 0.463 e. The molecule has 1 rings (SSSR count). The van der Waals surface area contributed by atoms with Gasteiger partial charge in [-0.05, 0) is 6.08 Å². The van der Waals surface area contributed by atoms with Gasteiger partial charge in [0.1, 0.15) is 0 Å². The molecule has 0 heterocycles. The van der Waals surface area contributed by atoms with Gasteiger partial charge in [0.25, 0.3) is 0 Å². The van der Waals surface area contributed by atoms with Crippen molar-refractivity contribution in [3.63, 3.8) is 0 Å². The lowest BCUT2D eigenvalue weighted by molar-refractivity contribution is 0.217. The molecule has 0 saturated heterocycles. The highest BCUT2D eigenvalue weighted by Gasteiger charge is 2.39. The molecule has 0 spiro atoms. The van der Waals surface area contributed by atoms with Gasteiger partial charge < -0.3 is 10.0 Å². The third-order valence-electron chi connectivity index (χ3n) is 1.61. The van der Waals surface area contributed by atoms with Crippen LogP contribution >= 0.6 is 0 Å². The summed E-state index contributed by atoms with van der Waals surface area (Å²) < 4.78 is 13.1. The molecule has 3 nitrogen and oxygen atoms in total. The summed E-state index contributed by atoms with van der Waals surface area (Å²) in [7, 11) is -1.76. The molecule has 0 bridgehead atoms. The Balaban J connectivity index is 2.80. The molecular weight excluding hydrogens is 148 g/mol. The SMILES string of the molecule is NC1(F)C=CC=CC1B(O)O. The Hall–Kier alpha value is -0.645. The highest BCUT2D eigenvalue weighted by atomic mass is 19.1. The van der Waals surface area contributed by atoms with Crippen molar-refractivity contribution in [2.75, 3.05) is 0 Å². The van der Waals surface area contributed by atoms with Crippen LogP contribution in [0.5, 0.6) is 0 Å².